The number of likely N-dealkylation sites (tertiary alicyclic amines) is 2. The van der Waals surface area contributed by atoms with Crippen LogP contribution in [0.15, 0.2) is 30.5 Å². The summed E-state index contributed by atoms with van der Waals surface area (Å²) in [5, 5.41) is 95.6. The summed E-state index contributed by atoms with van der Waals surface area (Å²) in [5.41, 5.74) is 18.4. The van der Waals surface area contributed by atoms with Crippen molar-refractivity contribution in [2.75, 3.05) is 116 Å². The molecule has 2 aromatic heterocycles. The predicted molar refractivity (Wildman–Crippen MR) is 528 cm³/mol. The minimum absolute atomic E-state index is 0.0102. The van der Waals surface area contributed by atoms with Gasteiger partial charge in [0.25, 0.3) is 0 Å². The molecule has 0 unspecified atom stereocenters. The molecule has 145 heavy (non-hydrogen) atoms. The third-order valence-corrected chi connectivity index (χ3v) is 27.2. The van der Waals surface area contributed by atoms with E-state index in [1.54, 1.807) is 30.5 Å². The van der Waals surface area contributed by atoms with Crippen LogP contribution in [0.25, 0.3) is 10.9 Å². The molecule has 806 valence electrons. The average molecular weight is 2080 g/mol. The van der Waals surface area contributed by atoms with E-state index in [4.69, 9.17) is 32.1 Å². The van der Waals surface area contributed by atoms with Gasteiger partial charge < -0.3 is 136 Å². The van der Waals surface area contributed by atoms with Gasteiger partial charge in [-0.3, -0.25) is 101 Å². The number of carbonyl (C=O) groups is 19. The Balaban J connectivity index is 0.973. The molecule has 26 N–H and O–H groups in total. The number of fused-ring (bicyclic) bond motifs is 2. The number of carboxylic acid groups (broad SMARTS) is 3. The Bertz CT molecular complexity index is 4740. The largest absolute Gasteiger partial charge is 0.481 e. The normalized spacial score (nSPS) is 19.6. The second-order valence-corrected chi connectivity index (χ2v) is 39.0. The fraction of sp³-hybridized carbons (Fsp3) is 0.685. The number of hydrogen-bond acceptors (Lipinski definition) is 30. The zero-order chi connectivity index (χ0) is 106. The number of aliphatic hydroxyl groups is 1. The Morgan fingerprint density at radius 2 is 1.21 bits per heavy atom. The number of guanidine groups is 1. The number of rotatable bonds is 61. The van der Waals surface area contributed by atoms with E-state index < -0.39 is 218 Å². The summed E-state index contributed by atoms with van der Waals surface area (Å²) in [7, 11) is 2.47. The smallest absolute Gasteiger partial charge is 0.317 e. The maximum atomic E-state index is 15.6. The lowest BCUT2D eigenvalue weighted by Crippen LogP contribution is -2.61. The lowest BCUT2D eigenvalue weighted by molar-refractivity contribution is -0.148. The van der Waals surface area contributed by atoms with Gasteiger partial charge in [-0.2, -0.15) is 0 Å². The van der Waals surface area contributed by atoms with Crippen molar-refractivity contribution >= 4 is 151 Å². The number of carboxylic acids is 3. The van der Waals surface area contributed by atoms with E-state index in [0.717, 1.165) is 49.2 Å². The molecule has 51 nitrogen and oxygen atoms in total. The van der Waals surface area contributed by atoms with Gasteiger partial charge in [0.1, 0.15) is 78.9 Å². The minimum Gasteiger partial charge on any atom is -0.481 e. The van der Waals surface area contributed by atoms with E-state index in [1.165, 1.54) is 89.7 Å². The number of aryl methyl sites for hydroxylation is 1. The molecule has 4 saturated heterocycles. The standard InChI is InChI=1S/C92H146N26O25S2/c1-57(119)103-65-33-44-144-145-45-34-66(107-84(134)67(46-58-49-100-61-25-16-15-24-60(58)61)108-82(132)63(28-21-37-99-92(95)96)104-75(122)51-102-87(137)72-47-59(120)52-118(72)90(65)140)89(139)117-40-23-30-71(117)91(141)116-39-22-29-70(116)88(138)106-64(27-17-19-35-93)83(133)109-68(48-78(125)126)85(135)110-69(50-101-76(123)53-115(54-79(127)128)55-80(129)130)86(136)105-62(81(94)131)26-18-20-36-97-77(124)56-143-43-42-142-41-38-98-74(121)32-14-12-10-8-6-4-2-3-5-7-9-11-13-31-73-111-113-114-112-73/h15-16,24-25,49,59,62-72,100,120H,2-14,17-23,26-48,50-56,93H2,1H3,(H2,94,131)(H,97,124)(H,98,121)(H,101,123)(H,102,137)(H,103,119)(H,104,122)(H,105,136)(H,106,138)(H,107,134)(H,108,132)(H,109,133)(H,110,135)(H,125,126)(H,127,128)(H,129,130)(H4,95,96,99)(H,111,112,113,114)/t59-,62+,63+,64+,65+,66+,67+,68+,69+,70+,71+,72+/m1/s1. The summed E-state index contributed by atoms with van der Waals surface area (Å²) in [6, 6.07) is -9.55. The molecule has 4 fully saturated rings. The lowest BCUT2D eigenvalue weighted by Gasteiger charge is -2.34. The highest BCUT2D eigenvalue weighted by Crippen LogP contribution is 2.31. The number of aromatic nitrogens is 5. The van der Waals surface area contributed by atoms with Gasteiger partial charge in [-0.15, -0.1) is 5.10 Å². The molecule has 7 rings (SSSR count). The fourth-order valence-corrected chi connectivity index (χ4v) is 19.5. The van der Waals surface area contributed by atoms with Crippen LogP contribution in [-0.2, 0) is 113 Å². The SMILES string of the molecule is CC(=O)N[C@H]1CCSSCC[C@@H](C(=O)N2CCC[C@H]2C(=O)N2CCC[C@H]2C(=O)N[C@@H](CCCCN)C(=O)N[C@@H](CC(=O)O)C(=O)N[C@@H](CNC(=O)CN(CC(=O)O)CC(=O)O)C(=O)N[C@@H](CCCCNC(=O)COCCOCCNC(=O)CCCCCCCCCCCCCCCc2nnn[nH]2)C(N)=O)NC(=O)[C@H](Cc2c[nH]c3ccccc23)NC(=O)[C@H](CCCNC(=N)N)NC(=O)CNC(=O)[C@@H]2C[C@@H](O)CN2C1=O. The molecule has 3 aromatic rings. The maximum Gasteiger partial charge on any atom is 0.317 e. The number of benzene rings is 1. The maximum absolute atomic E-state index is 15.6. The van der Waals surface area contributed by atoms with Crippen LogP contribution in [0.5, 0.6) is 0 Å². The Morgan fingerprint density at radius 1 is 0.600 bits per heavy atom. The summed E-state index contributed by atoms with van der Waals surface area (Å²) in [6.07, 6.45) is 15.8. The van der Waals surface area contributed by atoms with Crippen LogP contribution in [0.3, 0.4) is 0 Å². The molecule has 12 atom stereocenters. The molecule has 0 bridgehead atoms. The van der Waals surface area contributed by atoms with Crippen LogP contribution in [0, 0.1) is 5.41 Å². The van der Waals surface area contributed by atoms with E-state index in [9.17, 15) is 97.1 Å². The first kappa shape index (κ1) is 119. The van der Waals surface area contributed by atoms with E-state index in [1.807, 2.05) is 0 Å². The highest BCUT2D eigenvalue weighted by molar-refractivity contribution is 8.76. The Labute approximate surface area is 847 Å². The van der Waals surface area contributed by atoms with E-state index >= 15 is 14.4 Å². The number of primary amides is 1. The number of carbonyl (C=O) groups excluding carboxylic acids is 16. The summed E-state index contributed by atoms with van der Waals surface area (Å²) in [6.45, 7) is -2.98. The fourth-order valence-electron chi connectivity index (χ4n) is 17.3. The predicted octanol–water partition coefficient (Wildman–Crippen LogP) is -3.56. The van der Waals surface area contributed by atoms with Gasteiger partial charge in [-0.05, 0) is 131 Å². The molecule has 0 aliphatic carbocycles. The molecule has 0 radical (unpaired) electrons. The topological polar surface area (TPSA) is 765 Å². The van der Waals surface area contributed by atoms with Gasteiger partial charge in [0.2, 0.25) is 94.5 Å². The van der Waals surface area contributed by atoms with Gasteiger partial charge in [0, 0.05) is 107 Å². The van der Waals surface area contributed by atoms with E-state index in [-0.39, 0.29) is 192 Å². The van der Waals surface area contributed by atoms with Gasteiger partial charge in [-0.25, -0.2) is 5.10 Å². The minimum atomic E-state index is -2.11. The summed E-state index contributed by atoms with van der Waals surface area (Å²) in [4.78, 5) is 269. The van der Waals surface area contributed by atoms with Gasteiger partial charge in [0.15, 0.2) is 5.96 Å². The van der Waals surface area contributed by atoms with Crippen molar-refractivity contribution in [1.82, 2.24) is 114 Å². The first-order chi connectivity index (χ1) is 69.6. The quantitative estimate of drug-likeness (QED) is 0.0113. The van der Waals surface area contributed by atoms with Crippen molar-refractivity contribution in [2.45, 2.75) is 285 Å². The van der Waals surface area contributed by atoms with Crippen LogP contribution in [0.1, 0.15) is 211 Å². The van der Waals surface area contributed by atoms with Crippen LogP contribution in [0.4, 0.5) is 0 Å². The number of tetrazole rings is 1. The van der Waals surface area contributed by atoms with Crippen molar-refractivity contribution in [1.29, 1.82) is 5.41 Å². The van der Waals surface area contributed by atoms with Crippen molar-refractivity contribution in [3.63, 3.8) is 0 Å². The lowest BCUT2D eigenvalue weighted by atomic mass is 10.0. The highest BCUT2D eigenvalue weighted by atomic mass is 33.1. The summed E-state index contributed by atoms with van der Waals surface area (Å²) >= 11 is 0. The summed E-state index contributed by atoms with van der Waals surface area (Å²) in [5.74, 6) is -17.5. The molecule has 53 heteroatoms. The van der Waals surface area contributed by atoms with Crippen molar-refractivity contribution in [2.24, 2.45) is 17.2 Å². The molecular weight excluding hydrogens is 1930 g/mol. The number of ether oxygens (including phenoxy) is 2. The first-order valence-electron chi connectivity index (χ1n) is 49.8. The van der Waals surface area contributed by atoms with Crippen molar-refractivity contribution < 1.29 is 121 Å². The molecule has 0 saturated carbocycles. The molecule has 4 aliphatic rings. The second-order valence-electron chi connectivity index (χ2n) is 36.3. The van der Waals surface area contributed by atoms with Crippen LogP contribution in [-0.4, -0.2) is 373 Å². The molecule has 0 spiro atoms. The number of para-hydroxylation sites is 1. The first-order valence-corrected chi connectivity index (χ1v) is 52.3. The number of aliphatic carboxylic acids is 3. The highest BCUT2D eigenvalue weighted by Gasteiger charge is 2.47. The Hall–Kier alpha value is -12.5. The zero-order valence-corrected chi connectivity index (χ0v) is 83.8. The number of nitrogens with two attached hydrogens (primary N) is 3. The van der Waals surface area contributed by atoms with Crippen LogP contribution >= 0.6 is 21.6 Å². The number of nitrogens with one attached hydrogen (secondary N) is 16. The van der Waals surface area contributed by atoms with Gasteiger partial charge in [0.05, 0.1) is 58.5 Å². The monoisotopic (exact) mass is 2080 g/mol. The Morgan fingerprint density at radius 3 is 1.87 bits per heavy atom. The van der Waals surface area contributed by atoms with Gasteiger partial charge >= 0.3 is 17.9 Å². The number of hydrogen-bond donors (Lipinski definition) is 23. The molecule has 4 aliphatic heterocycles. The van der Waals surface area contributed by atoms with E-state index in [0.29, 0.717) is 34.3 Å². The number of aliphatic hydroxyl groups excluding tert-OH is 1. The van der Waals surface area contributed by atoms with Crippen molar-refractivity contribution in [3.05, 3.63) is 41.9 Å². The molecule has 1 aromatic carbocycles. The third kappa shape index (κ3) is 44.6. The number of unbranched alkanes of at least 4 members (excludes halogenated alkanes) is 14. The molecule has 16 amide bonds. The zero-order valence-electron chi connectivity index (χ0n) is 82.2. The van der Waals surface area contributed by atoms with Crippen molar-refractivity contribution in [3.8, 4) is 0 Å². The Kier molecular flexibility index (Phi) is 54.2. The second kappa shape index (κ2) is 65.8. The number of H-pyrrole nitrogens is 2. The van der Waals surface area contributed by atoms with E-state index in [2.05, 4.69) is 94.7 Å². The van der Waals surface area contributed by atoms with Crippen LogP contribution in [0.2, 0.25) is 0 Å². The van der Waals surface area contributed by atoms with Crippen LogP contribution < -0.4 is 86.3 Å². The summed E-state index contributed by atoms with van der Waals surface area (Å²) < 4.78 is 11.0. The third-order valence-electron chi connectivity index (χ3n) is 24.8. The van der Waals surface area contributed by atoms with Gasteiger partial charge in [-0.1, -0.05) is 110 Å². The average Bonchev–Trinajstić information content (AvgIpc) is 1.69. The molecule has 6 heterocycles. The molecular formula is C92H146N26O25S2. The number of nitrogens with zero attached hydrogens (tertiary/aromatic N) is 7. The number of amides is 16. The number of aromatic amines is 2.